The number of hydrogen-bond donors (Lipinski definition) is 2. The van der Waals surface area contributed by atoms with Gasteiger partial charge in [0.1, 0.15) is 5.69 Å². The van der Waals surface area contributed by atoms with E-state index in [9.17, 15) is 9.59 Å². The molecular formula is C19H24N2O3. The monoisotopic (exact) mass is 328 g/mol. The second-order valence-corrected chi connectivity index (χ2v) is 6.35. The zero-order valence-electron chi connectivity index (χ0n) is 15.0. The van der Waals surface area contributed by atoms with Crippen molar-refractivity contribution in [3.63, 3.8) is 0 Å². The number of anilines is 1. The first kappa shape index (κ1) is 17.8. The van der Waals surface area contributed by atoms with Gasteiger partial charge in [-0.05, 0) is 64.3 Å². The van der Waals surface area contributed by atoms with Crippen molar-refractivity contribution in [3.05, 3.63) is 51.8 Å². The van der Waals surface area contributed by atoms with Gasteiger partial charge in [-0.15, -0.1) is 0 Å². The summed E-state index contributed by atoms with van der Waals surface area (Å²) in [7, 11) is 0. The minimum Gasteiger partial charge on any atom is -0.459 e. The Morgan fingerprint density at radius 3 is 2.42 bits per heavy atom. The van der Waals surface area contributed by atoms with Crippen LogP contribution in [0.25, 0.3) is 0 Å². The Kier molecular flexibility index (Phi) is 5.12. The van der Waals surface area contributed by atoms with Crippen molar-refractivity contribution < 1.29 is 14.3 Å². The van der Waals surface area contributed by atoms with E-state index in [2.05, 4.69) is 10.3 Å². The fraction of sp³-hybridized carbons (Fsp3) is 0.368. The van der Waals surface area contributed by atoms with E-state index >= 15 is 0 Å². The number of carbonyl (C=O) groups excluding carboxylic acids is 2. The molecule has 2 rings (SSSR count). The maximum absolute atomic E-state index is 12.6. The van der Waals surface area contributed by atoms with Crippen LogP contribution in [0.5, 0.6) is 0 Å². The maximum Gasteiger partial charge on any atom is 0.340 e. The van der Waals surface area contributed by atoms with E-state index in [1.54, 1.807) is 27.7 Å². The van der Waals surface area contributed by atoms with Crippen LogP contribution in [0.1, 0.15) is 57.1 Å². The molecule has 0 saturated carbocycles. The van der Waals surface area contributed by atoms with Crippen LogP contribution in [0, 0.1) is 27.7 Å². The maximum atomic E-state index is 12.6. The van der Waals surface area contributed by atoms with Crippen molar-refractivity contribution in [3.8, 4) is 0 Å². The van der Waals surface area contributed by atoms with Gasteiger partial charge in [0.15, 0.2) is 0 Å². The lowest BCUT2D eigenvalue weighted by Gasteiger charge is -2.10. The number of carbonyl (C=O) groups is 2. The molecule has 0 atom stereocenters. The Labute approximate surface area is 142 Å². The third kappa shape index (κ3) is 3.67. The Balaban J connectivity index is 2.31. The van der Waals surface area contributed by atoms with Gasteiger partial charge in [-0.2, -0.15) is 0 Å². The average Bonchev–Trinajstić information content (AvgIpc) is 2.77. The van der Waals surface area contributed by atoms with E-state index in [4.69, 9.17) is 4.74 Å². The minimum atomic E-state index is -0.415. The van der Waals surface area contributed by atoms with Gasteiger partial charge in [-0.1, -0.05) is 12.1 Å². The number of ether oxygens (including phenoxy) is 1. The summed E-state index contributed by atoms with van der Waals surface area (Å²) in [5.41, 5.74) is 4.84. The van der Waals surface area contributed by atoms with Crippen LogP contribution >= 0.6 is 0 Å². The molecule has 0 aliphatic rings. The molecule has 5 nitrogen and oxygen atoms in total. The summed E-state index contributed by atoms with van der Waals surface area (Å²) in [4.78, 5) is 27.8. The van der Waals surface area contributed by atoms with Crippen LogP contribution in [0.2, 0.25) is 0 Å². The molecule has 24 heavy (non-hydrogen) atoms. The summed E-state index contributed by atoms with van der Waals surface area (Å²) in [6, 6.07) is 5.88. The third-order valence-electron chi connectivity index (χ3n) is 3.85. The van der Waals surface area contributed by atoms with Gasteiger partial charge in [-0.25, -0.2) is 4.79 Å². The van der Waals surface area contributed by atoms with Crippen LogP contribution in [-0.4, -0.2) is 23.0 Å². The molecule has 1 amide bonds. The number of hydrogen-bond acceptors (Lipinski definition) is 3. The number of H-pyrrole nitrogens is 1. The molecular weight excluding hydrogens is 304 g/mol. The molecule has 5 heteroatoms. The van der Waals surface area contributed by atoms with Gasteiger partial charge in [-0.3, -0.25) is 4.79 Å². The molecule has 0 saturated heterocycles. The Morgan fingerprint density at radius 1 is 1.12 bits per heavy atom. The summed E-state index contributed by atoms with van der Waals surface area (Å²) in [6.07, 6.45) is -0.210. The molecule has 1 aromatic heterocycles. The molecule has 1 heterocycles. The number of aromatic nitrogens is 1. The molecule has 1 aromatic carbocycles. The molecule has 2 aromatic rings. The molecule has 2 N–H and O–H groups in total. The number of aromatic amines is 1. The van der Waals surface area contributed by atoms with Crippen molar-refractivity contribution in [2.75, 3.05) is 5.32 Å². The SMILES string of the molecule is Cc1ccc(C)c(NC(=O)c2[nH]c(C)c(C(=O)OC(C)C)c2C)c1. The standard InChI is InChI=1S/C19H24N2O3/c1-10(2)24-19(23)16-13(5)17(20-14(16)6)18(22)21-15-9-11(3)7-8-12(15)4/h7-10,20H,1-6H3,(H,21,22). The zero-order chi connectivity index (χ0) is 18.0. The molecule has 128 valence electrons. The first-order valence-corrected chi connectivity index (χ1v) is 7.99. The van der Waals surface area contributed by atoms with Crippen LogP contribution < -0.4 is 5.32 Å². The van der Waals surface area contributed by atoms with E-state index in [0.717, 1.165) is 16.8 Å². The highest BCUT2D eigenvalue weighted by Gasteiger charge is 2.23. The highest BCUT2D eigenvalue weighted by molar-refractivity contribution is 6.07. The molecule has 0 fully saturated rings. The summed E-state index contributed by atoms with van der Waals surface area (Å²) < 4.78 is 5.25. The van der Waals surface area contributed by atoms with E-state index in [1.807, 2.05) is 32.0 Å². The highest BCUT2D eigenvalue weighted by Crippen LogP contribution is 2.22. The van der Waals surface area contributed by atoms with E-state index in [1.165, 1.54) is 0 Å². The number of nitrogens with one attached hydrogen (secondary N) is 2. The first-order valence-electron chi connectivity index (χ1n) is 7.99. The number of benzene rings is 1. The second-order valence-electron chi connectivity index (χ2n) is 6.35. The Hall–Kier alpha value is -2.56. The predicted octanol–water partition coefficient (Wildman–Crippen LogP) is 4.07. The quantitative estimate of drug-likeness (QED) is 0.831. The topological polar surface area (TPSA) is 71.2 Å². The lowest BCUT2D eigenvalue weighted by molar-refractivity contribution is 0.0376. The lowest BCUT2D eigenvalue weighted by atomic mass is 10.1. The third-order valence-corrected chi connectivity index (χ3v) is 3.85. The Bertz CT molecular complexity index is 788. The molecule has 0 radical (unpaired) electrons. The van der Waals surface area contributed by atoms with Crippen LogP contribution in [-0.2, 0) is 4.74 Å². The predicted molar refractivity (Wildman–Crippen MR) is 94.7 cm³/mol. The van der Waals surface area contributed by atoms with E-state index < -0.39 is 5.97 Å². The van der Waals surface area contributed by atoms with Gasteiger partial charge in [0.05, 0.1) is 11.7 Å². The van der Waals surface area contributed by atoms with E-state index in [0.29, 0.717) is 22.5 Å². The number of rotatable bonds is 4. The number of amides is 1. The average molecular weight is 328 g/mol. The number of esters is 1. The summed E-state index contributed by atoms with van der Waals surface area (Å²) in [5, 5.41) is 2.91. The van der Waals surface area contributed by atoms with Crippen LogP contribution in [0.4, 0.5) is 5.69 Å². The fourth-order valence-corrected chi connectivity index (χ4v) is 2.61. The summed E-state index contributed by atoms with van der Waals surface area (Å²) in [6.45, 7) is 11.0. The van der Waals surface area contributed by atoms with Gasteiger partial charge in [0.25, 0.3) is 5.91 Å². The normalized spacial score (nSPS) is 10.8. The molecule has 0 spiro atoms. The lowest BCUT2D eigenvalue weighted by Crippen LogP contribution is -2.16. The molecule has 0 aliphatic carbocycles. The van der Waals surface area contributed by atoms with Gasteiger partial charge >= 0.3 is 5.97 Å². The molecule has 0 bridgehead atoms. The largest absolute Gasteiger partial charge is 0.459 e. The minimum absolute atomic E-state index is 0.210. The van der Waals surface area contributed by atoms with E-state index in [-0.39, 0.29) is 12.0 Å². The smallest absolute Gasteiger partial charge is 0.340 e. The molecule has 0 unspecified atom stereocenters. The zero-order valence-corrected chi connectivity index (χ0v) is 15.0. The van der Waals surface area contributed by atoms with Gasteiger partial charge in [0.2, 0.25) is 0 Å². The summed E-state index contributed by atoms with van der Waals surface area (Å²) >= 11 is 0. The van der Waals surface area contributed by atoms with Gasteiger partial charge in [0, 0.05) is 11.4 Å². The molecule has 0 aliphatic heterocycles. The van der Waals surface area contributed by atoms with Crippen LogP contribution in [0.3, 0.4) is 0 Å². The number of aryl methyl sites for hydroxylation is 3. The Morgan fingerprint density at radius 2 is 1.79 bits per heavy atom. The fourth-order valence-electron chi connectivity index (χ4n) is 2.61. The summed E-state index contributed by atoms with van der Waals surface area (Å²) in [5.74, 6) is -0.685. The first-order chi connectivity index (χ1) is 11.2. The highest BCUT2D eigenvalue weighted by atomic mass is 16.5. The van der Waals surface area contributed by atoms with Crippen molar-refractivity contribution in [2.45, 2.75) is 47.6 Å². The van der Waals surface area contributed by atoms with Gasteiger partial charge < -0.3 is 15.0 Å². The van der Waals surface area contributed by atoms with Crippen molar-refractivity contribution in [1.82, 2.24) is 4.98 Å². The van der Waals surface area contributed by atoms with Crippen molar-refractivity contribution in [2.24, 2.45) is 0 Å². The second kappa shape index (κ2) is 6.91. The van der Waals surface area contributed by atoms with Crippen molar-refractivity contribution in [1.29, 1.82) is 0 Å². The van der Waals surface area contributed by atoms with Crippen molar-refractivity contribution >= 4 is 17.6 Å². The van der Waals surface area contributed by atoms with Crippen LogP contribution in [0.15, 0.2) is 18.2 Å².